The minimum absolute atomic E-state index is 0.367. The van der Waals surface area contributed by atoms with Gasteiger partial charge in [0.25, 0.3) is 0 Å². The number of ether oxygens (including phenoxy) is 3. The van der Waals surface area contributed by atoms with Gasteiger partial charge in [-0.2, -0.15) is 5.10 Å². The second-order valence-corrected chi connectivity index (χ2v) is 6.77. The lowest BCUT2D eigenvalue weighted by Gasteiger charge is -2.15. The van der Waals surface area contributed by atoms with Crippen LogP contribution in [0.4, 0.5) is 0 Å². The molecule has 0 saturated carbocycles. The van der Waals surface area contributed by atoms with Crippen LogP contribution in [0, 0.1) is 0 Å². The minimum atomic E-state index is 0.367. The van der Waals surface area contributed by atoms with E-state index in [1.54, 1.807) is 13.3 Å². The number of hydrogen-bond donors (Lipinski definition) is 0. The number of nitrogens with zero attached hydrogens (tertiary/aromatic N) is 4. The monoisotopic (exact) mass is 456 g/mol. The Bertz CT molecular complexity index is 974. The SMILES string of the molecule is C=CCc1ccccc1OCCOc1c(Br)cc(C=Nn2cnnc2)cc1OC. The van der Waals surface area contributed by atoms with E-state index in [1.165, 1.54) is 17.3 Å². The highest BCUT2D eigenvalue weighted by atomic mass is 79.9. The van der Waals surface area contributed by atoms with Crippen molar-refractivity contribution >= 4 is 22.1 Å². The average molecular weight is 457 g/mol. The van der Waals surface area contributed by atoms with Crippen molar-refractivity contribution in [1.82, 2.24) is 14.9 Å². The van der Waals surface area contributed by atoms with Crippen LogP contribution in [0.25, 0.3) is 0 Å². The molecule has 0 unspecified atom stereocenters. The molecule has 0 atom stereocenters. The van der Waals surface area contributed by atoms with Crippen molar-refractivity contribution in [3.05, 3.63) is 77.3 Å². The van der Waals surface area contributed by atoms with Gasteiger partial charge in [-0.05, 0) is 51.7 Å². The molecular formula is C21H21BrN4O3. The molecule has 1 aromatic heterocycles. The van der Waals surface area contributed by atoms with E-state index in [2.05, 4.69) is 37.8 Å². The fraction of sp³-hybridized carbons (Fsp3) is 0.190. The second-order valence-electron chi connectivity index (χ2n) is 5.92. The largest absolute Gasteiger partial charge is 0.493 e. The van der Waals surface area contributed by atoms with E-state index in [1.807, 2.05) is 42.5 Å². The Labute approximate surface area is 177 Å². The smallest absolute Gasteiger partial charge is 0.175 e. The van der Waals surface area contributed by atoms with Gasteiger partial charge in [0, 0.05) is 0 Å². The Balaban J connectivity index is 1.62. The molecule has 0 aliphatic rings. The molecule has 150 valence electrons. The zero-order valence-corrected chi connectivity index (χ0v) is 17.6. The third kappa shape index (κ3) is 5.68. The lowest BCUT2D eigenvalue weighted by atomic mass is 10.1. The van der Waals surface area contributed by atoms with Crippen LogP contribution in [0.15, 0.2) is 71.3 Å². The molecule has 7 nitrogen and oxygen atoms in total. The number of para-hydroxylation sites is 1. The highest BCUT2D eigenvalue weighted by molar-refractivity contribution is 9.10. The normalized spacial score (nSPS) is 10.8. The van der Waals surface area contributed by atoms with Crippen molar-refractivity contribution in [3.8, 4) is 17.2 Å². The fourth-order valence-electron chi connectivity index (χ4n) is 2.61. The number of methoxy groups -OCH3 is 1. The molecule has 3 rings (SSSR count). The van der Waals surface area contributed by atoms with Crippen molar-refractivity contribution in [1.29, 1.82) is 0 Å². The van der Waals surface area contributed by atoms with Gasteiger partial charge in [0.1, 0.15) is 31.6 Å². The van der Waals surface area contributed by atoms with Gasteiger partial charge in [0.2, 0.25) is 0 Å². The van der Waals surface area contributed by atoms with Gasteiger partial charge in [0.05, 0.1) is 17.8 Å². The van der Waals surface area contributed by atoms with E-state index < -0.39 is 0 Å². The van der Waals surface area contributed by atoms with Crippen LogP contribution >= 0.6 is 15.9 Å². The Hall–Kier alpha value is -3.13. The summed E-state index contributed by atoms with van der Waals surface area (Å²) in [5.41, 5.74) is 1.93. The Kier molecular flexibility index (Phi) is 7.40. The molecule has 1 heterocycles. The molecule has 0 fully saturated rings. The third-order valence-corrected chi connectivity index (χ3v) is 4.51. The topological polar surface area (TPSA) is 70.8 Å². The standard InChI is InChI=1S/C21H21BrN4O3/c1-3-6-17-7-4-5-8-19(17)28-9-10-29-21-18(22)11-16(12-20(21)27-2)13-25-26-14-23-24-15-26/h3-5,7-8,11-15H,1,6,9-10H2,2H3. The highest BCUT2D eigenvalue weighted by Gasteiger charge is 2.11. The van der Waals surface area contributed by atoms with Crippen molar-refractivity contribution in [2.75, 3.05) is 20.3 Å². The summed E-state index contributed by atoms with van der Waals surface area (Å²) in [4.78, 5) is 0. The van der Waals surface area contributed by atoms with Gasteiger partial charge in [-0.1, -0.05) is 24.3 Å². The van der Waals surface area contributed by atoms with Gasteiger partial charge in [0.15, 0.2) is 11.5 Å². The Morgan fingerprint density at radius 2 is 1.86 bits per heavy atom. The van der Waals surface area contributed by atoms with E-state index in [4.69, 9.17) is 14.2 Å². The first-order chi connectivity index (χ1) is 14.2. The summed E-state index contributed by atoms with van der Waals surface area (Å²) in [6.45, 7) is 4.55. The maximum atomic E-state index is 5.90. The summed E-state index contributed by atoms with van der Waals surface area (Å²) in [7, 11) is 1.59. The van der Waals surface area contributed by atoms with E-state index in [9.17, 15) is 0 Å². The predicted molar refractivity (Wildman–Crippen MR) is 115 cm³/mol. The lowest BCUT2D eigenvalue weighted by molar-refractivity contribution is 0.209. The van der Waals surface area contributed by atoms with Gasteiger partial charge in [-0.25, -0.2) is 4.68 Å². The molecule has 0 saturated heterocycles. The molecular weight excluding hydrogens is 436 g/mol. The Morgan fingerprint density at radius 3 is 2.62 bits per heavy atom. The van der Waals surface area contributed by atoms with E-state index in [0.717, 1.165) is 27.8 Å². The second kappa shape index (κ2) is 10.4. The van der Waals surface area contributed by atoms with E-state index in [-0.39, 0.29) is 0 Å². The molecule has 8 heteroatoms. The lowest BCUT2D eigenvalue weighted by Crippen LogP contribution is -2.11. The summed E-state index contributed by atoms with van der Waals surface area (Å²) >= 11 is 3.54. The van der Waals surface area contributed by atoms with Gasteiger partial charge < -0.3 is 14.2 Å². The van der Waals surface area contributed by atoms with E-state index in [0.29, 0.717) is 24.7 Å². The molecule has 0 N–H and O–H groups in total. The molecule has 2 aromatic carbocycles. The zero-order chi connectivity index (χ0) is 20.5. The van der Waals surface area contributed by atoms with Crippen molar-refractivity contribution < 1.29 is 14.2 Å². The van der Waals surface area contributed by atoms with Crippen molar-refractivity contribution in [2.45, 2.75) is 6.42 Å². The molecule has 0 aliphatic heterocycles. The van der Waals surface area contributed by atoms with E-state index >= 15 is 0 Å². The van der Waals surface area contributed by atoms with Crippen molar-refractivity contribution in [3.63, 3.8) is 0 Å². The Morgan fingerprint density at radius 1 is 1.10 bits per heavy atom. The third-order valence-electron chi connectivity index (χ3n) is 3.92. The molecule has 0 aliphatic carbocycles. The van der Waals surface area contributed by atoms with Crippen LogP contribution in [0.5, 0.6) is 17.2 Å². The first kappa shape index (κ1) is 20.6. The summed E-state index contributed by atoms with van der Waals surface area (Å²) < 4.78 is 19.5. The molecule has 0 radical (unpaired) electrons. The summed E-state index contributed by atoms with van der Waals surface area (Å²) in [5, 5.41) is 11.7. The quantitative estimate of drug-likeness (QED) is 0.260. The number of hydrogen-bond acceptors (Lipinski definition) is 6. The van der Waals surface area contributed by atoms with Gasteiger partial charge in [-0.3, -0.25) is 0 Å². The van der Waals surface area contributed by atoms with Crippen LogP contribution in [0.1, 0.15) is 11.1 Å². The summed E-state index contributed by atoms with van der Waals surface area (Å²) in [6, 6.07) is 11.6. The van der Waals surface area contributed by atoms with Gasteiger partial charge >= 0.3 is 0 Å². The summed E-state index contributed by atoms with van der Waals surface area (Å²) in [6.07, 6.45) is 7.31. The average Bonchev–Trinajstić information content (AvgIpc) is 3.25. The minimum Gasteiger partial charge on any atom is -0.493 e. The molecule has 29 heavy (non-hydrogen) atoms. The maximum Gasteiger partial charge on any atom is 0.175 e. The predicted octanol–water partition coefficient (Wildman–Crippen LogP) is 4.12. The number of benzene rings is 2. The van der Waals surface area contributed by atoms with Crippen LogP contribution in [-0.2, 0) is 6.42 Å². The molecule has 0 bridgehead atoms. The fourth-order valence-corrected chi connectivity index (χ4v) is 3.18. The van der Waals surface area contributed by atoms with Gasteiger partial charge in [-0.15, -0.1) is 16.8 Å². The maximum absolute atomic E-state index is 5.90. The molecule has 3 aromatic rings. The number of rotatable bonds is 10. The van der Waals surface area contributed by atoms with Crippen LogP contribution in [-0.4, -0.2) is 41.4 Å². The van der Waals surface area contributed by atoms with Crippen LogP contribution in [0.2, 0.25) is 0 Å². The molecule has 0 amide bonds. The van der Waals surface area contributed by atoms with Crippen molar-refractivity contribution in [2.24, 2.45) is 5.10 Å². The first-order valence-electron chi connectivity index (χ1n) is 8.92. The number of aromatic nitrogens is 3. The highest BCUT2D eigenvalue weighted by Crippen LogP contribution is 2.36. The first-order valence-corrected chi connectivity index (χ1v) is 9.71. The van der Waals surface area contributed by atoms with Crippen LogP contribution in [0.3, 0.4) is 0 Å². The zero-order valence-electron chi connectivity index (χ0n) is 16.0. The summed E-state index contributed by atoms with van der Waals surface area (Å²) in [5.74, 6) is 2.04. The molecule has 0 spiro atoms. The van der Waals surface area contributed by atoms with Crippen LogP contribution < -0.4 is 14.2 Å². The number of allylic oxidation sites excluding steroid dienone is 1. The number of halogens is 1.